The molecule has 0 bridgehead atoms. The summed E-state index contributed by atoms with van der Waals surface area (Å²) in [5.41, 5.74) is 3.89. The molecular formula is C23H23N3O3. The van der Waals surface area contributed by atoms with Gasteiger partial charge in [0, 0.05) is 39.2 Å². The van der Waals surface area contributed by atoms with Gasteiger partial charge in [0.05, 0.1) is 11.1 Å². The summed E-state index contributed by atoms with van der Waals surface area (Å²) in [7, 11) is 1.79. The van der Waals surface area contributed by atoms with Crippen molar-refractivity contribution in [3.8, 4) is 5.75 Å². The third-order valence-corrected chi connectivity index (χ3v) is 5.80. The van der Waals surface area contributed by atoms with Crippen LogP contribution in [0.2, 0.25) is 0 Å². The lowest BCUT2D eigenvalue weighted by Crippen LogP contribution is -2.35. The van der Waals surface area contributed by atoms with E-state index in [0.717, 1.165) is 53.9 Å². The molecule has 4 aromatic rings. The van der Waals surface area contributed by atoms with Crippen molar-refractivity contribution in [2.45, 2.75) is 25.0 Å². The zero-order valence-electron chi connectivity index (χ0n) is 16.4. The number of ether oxygens (including phenoxy) is 3. The Balaban J connectivity index is 1.39. The third kappa shape index (κ3) is 3.34. The number of benzene rings is 2. The van der Waals surface area contributed by atoms with Crippen LogP contribution in [0.4, 0.5) is 0 Å². The van der Waals surface area contributed by atoms with E-state index < -0.39 is 0 Å². The van der Waals surface area contributed by atoms with Crippen molar-refractivity contribution in [1.29, 1.82) is 0 Å². The van der Waals surface area contributed by atoms with Gasteiger partial charge >= 0.3 is 0 Å². The van der Waals surface area contributed by atoms with Crippen molar-refractivity contribution >= 4 is 16.6 Å². The van der Waals surface area contributed by atoms with E-state index in [1.54, 1.807) is 13.4 Å². The highest BCUT2D eigenvalue weighted by Crippen LogP contribution is 2.36. The first-order valence-electron chi connectivity index (χ1n) is 9.85. The van der Waals surface area contributed by atoms with Crippen molar-refractivity contribution in [3.05, 3.63) is 72.1 Å². The van der Waals surface area contributed by atoms with Crippen LogP contribution in [-0.2, 0) is 21.7 Å². The molecule has 1 aliphatic rings. The van der Waals surface area contributed by atoms with Gasteiger partial charge in [-0.15, -0.1) is 10.2 Å². The monoisotopic (exact) mass is 389 g/mol. The number of pyridine rings is 1. The van der Waals surface area contributed by atoms with Crippen LogP contribution in [0.15, 0.2) is 60.9 Å². The summed E-state index contributed by atoms with van der Waals surface area (Å²) in [4.78, 5) is 0. The second-order valence-corrected chi connectivity index (χ2v) is 7.41. The van der Waals surface area contributed by atoms with Gasteiger partial charge in [0.1, 0.15) is 18.7 Å². The molecule has 6 heteroatoms. The van der Waals surface area contributed by atoms with Crippen LogP contribution in [0.25, 0.3) is 16.6 Å². The second-order valence-electron chi connectivity index (χ2n) is 7.41. The number of nitrogens with zero attached hydrogens (tertiary/aromatic N) is 3. The van der Waals surface area contributed by atoms with Crippen molar-refractivity contribution in [1.82, 2.24) is 14.6 Å². The maximum absolute atomic E-state index is 6.11. The van der Waals surface area contributed by atoms with E-state index in [0.29, 0.717) is 6.61 Å². The Kier molecular flexibility index (Phi) is 4.66. The lowest BCUT2D eigenvalue weighted by Gasteiger charge is -2.36. The molecule has 0 radical (unpaired) electrons. The molecule has 0 N–H and O–H groups in total. The largest absolute Gasteiger partial charge is 0.489 e. The number of rotatable bonds is 5. The highest BCUT2D eigenvalue weighted by atomic mass is 16.5. The Morgan fingerprint density at radius 1 is 1.07 bits per heavy atom. The van der Waals surface area contributed by atoms with Crippen LogP contribution in [0.5, 0.6) is 5.75 Å². The molecule has 0 spiro atoms. The Bertz CT molecular complexity index is 1150. The van der Waals surface area contributed by atoms with Gasteiger partial charge in [-0.2, -0.15) is 0 Å². The van der Waals surface area contributed by atoms with Gasteiger partial charge in [0.2, 0.25) is 0 Å². The average Bonchev–Trinajstić information content (AvgIpc) is 3.28. The van der Waals surface area contributed by atoms with Crippen LogP contribution < -0.4 is 4.74 Å². The van der Waals surface area contributed by atoms with Gasteiger partial charge in [-0.05, 0) is 46.8 Å². The van der Waals surface area contributed by atoms with Crippen LogP contribution >= 0.6 is 0 Å². The Morgan fingerprint density at radius 3 is 2.79 bits per heavy atom. The lowest BCUT2D eigenvalue weighted by molar-refractivity contribution is -0.0948. The van der Waals surface area contributed by atoms with Gasteiger partial charge < -0.3 is 14.2 Å². The summed E-state index contributed by atoms with van der Waals surface area (Å²) in [5, 5.41) is 9.23. The molecule has 6 nitrogen and oxygen atoms in total. The standard InChI is InChI=1S/C23H23N3O3/c1-27-23(9-11-28-12-10-23)19-4-2-3-17(13-19)15-29-20-7-5-18-6-8-22-25-24-16-26(22)21(18)14-20/h2-8,13-14,16H,9-12,15H2,1H3. The van der Waals surface area contributed by atoms with E-state index in [1.165, 1.54) is 5.56 Å². The first kappa shape index (κ1) is 18.1. The zero-order valence-corrected chi connectivity index (χ0v) is 16.4. The Labute approximate surface area is 169 Å². The van der Waals surface area contributed by atoms with Crippen molar-refractivity contribution in [3.63, 3.8) is 0 Å². The Hall–Kier alpha value is -2.96. The van der Waals surface area contributed by atoms with E-state index in [4.69, 9.17) is 14.2 Å². The fourth-order valence-corrected chi connectivity index (χ4v) is 4.09. The molecule has 1 fully saturated rings. The summed E-state index contributed by atoms with van der Waals surface area (Å²) < 4.78 is 19.5. The molecule has 1 saturated heterocycles. The van der Waals surface area contributed by atoms with Crippen molar-refractivity contribution < 1.29 is 14.2 Å². The smallest absolute Gasteiger partial charge is 0.161 e. The number of methoxy groups -OCH3 is 1. The maximum atomic E-state index is 6.11. The predicted molar refractivity (Wildman–Crippen MR) is 110 cm³/mol. The molecule has 0 amide bonds. The minimum Gasteiger partial charge on any atom is -0.489 e. The van der Waals surface area contributed by atoms with Crippen LogP contribution in [0, 0.1) is 0 Å². The number of hydrogen-bond acceptors (Lipinski definition) is 5. The molecule has 2 aromatic heterocycles. The van der Waals surface area contributed by atoms with Gasteiger partial charge in [0.15, 0.2) is 5.65 Å². The normalized spacial score (nSPS) is 16.3. The van der Waals surface area contributed by atoms with E-state index in [1.807, 2.05) is 28.7 Å². The molecule has 0 saturated carbocycles. The van der Waals surface area contributed by atoms with Gasteiger partial charge in [-0.3, -0.25) is 4.40 Å². The van der Waals surface area contributed by atoms with Gasteiger partial charge in [0.25, 0.3) is 0 Å². The second kappa shape index (κ2) is 7.46. The quantitative estimate of drug-likeness (QED) is 0.514. The third-order valence-electron chi connectivity index (χ3n) is 5.80. The molecule has 0 atom stereocenters. The molecule has 3 heterocycles. The summed E-state index contributed by atoms with van der Waals surface area (Å²) in [5.74, 6) is 0.816. The van der Waals surface area contributed by atoms with Crippen LogP contribution in [-0.4, -0.2) is 34.9 Å². The summed E-state index contributed by atoms with van der Waals surface area (Å²) in [6.07, 6.45) is 3.46. The van der Waals surface area contributed by atoms with Gasteiger partial charge in [-0.1, -0.05) is 18.2 Å². The molecule has 29 heavy (non-hydrogen) atoms. The summed E-state index contributed by atoms with van der Waals surface area (Å²) >= 11 is 0. The molecule has 1 aliphatic heterocycles. The Morgan fingerprint density at radius 2 is 1.93 bits per heavy atom. The lowest BCUT2D eigenvalue weighted by atomic mass is 9.85. The minimum atomic E-state index is -0.267. The average molecular weight is 389 g/mol. The molecule has 5 rings (SSSR count). The number of fused-ring (bicyclic) bond motifs is 3. The first-order chi connectivity index (χ1) is 14.3. The van der Waals surface area contributed by atoms with E-state index in [2.05, 4.69) is 40.5 Å². The number of hydrogen-bond donors (Lipinski definition) is 0. The first-order valence-corrected chi connectivity index (χ1v) is 9.85. The van der Waals surface area contributed by atoms with Gasteiger partial charge in [-0.25, -0.2) is 0 Å². The minimum absolute atomic E-state index is 0.267. The molecule has 2 aromatic carbocycles. The highest BCUT2D eigenvalue weighted by molar-refractivity contribution is 5.83. The molecule has 0 aliphatic carbocycles. The highest BCUT2D eigenvalue weighted by Gasteiger charge is 2.34. The fraction of sp³-hybridized carbons (Fsp3) is 0.304. The maximum Gasteiger partial charge on any atom is 0.161 e. The SMILES string of the molecule is COC1(c2cccc(COc3ccc4ccc5nncn5c4c3)c2)CCOCC1. The predicted octanol–water partition coefficient (Wildman–Crippen LogP) is 4.11. The molecular weight excluding hydrogens is 366 g/mol. The van der Waals surface area contributed by atoms with E-state index >= 15 is 0 Å². The van der Waals surface area contributed by atoms with Crippen LogP contribution in [0.3, 0.4) is 0 Å². The summed E-state index contributed by atoms with van der Waals surface area (Å²) in [6.45, 7) is 1.94. The zero-order chi connectivity index (χ0) is 19.7. The van der Waals surface area contributed by atoms with Crippen LogP contribution in [0.1, 0.15) is 24.0 Å². The van der Waals surface area contributed by atoms with E-state index in [9.17, 15) is 0 Å². The van der Waals surface area contributed by atoms with E-state index in [-0.39, 0.29) is 5.60 Å². The van der Waals surface area contributed by atoms with Crippen molar-refractivity contribution in [2.75, 3.05) is 20.3 Å². The van der Waals surface area contributed by atoms with Crippen molar-refractivity contribution in [2.24, 2.45) is 0 Å². The number of aromatic nitrogens is 3. The summed E-state index contributed by atoms with van der Waals surface area (Å²) in [6, 6.07) is 18.6. The fourth-order valence-electron chi connectivity index (χ4n) is 4.09. The molecule has 0 unspecified atom stereocenters. The molecule has 148 valence electrons. The topological polar surface area (TPSA) is 57.9 Å².